The summed E-state index contributed by atoms with van der Waals surface area (Å²) in [7, 11) is 0. The quantitative estimate of drug-likeness (QED) is 0.767. The molecule has 0 spiro atoms. The Morgan fingerprint density at radius 1 is 1.12 bits per heavy atom. The van der Waals surface area contributed by atoms with Crippen LogP contribution < -0.4 is 0 Å². The van der Waals surface area contributed by atoms with E-state index in [0.717, 1.165) is 5.56 Å². The Bertz CT molecular complexity index is 490. The second-order valence-electron chi connectivity index (χ2n) is 3.66. The van der Waals surface area contributed by atoms with Crippen LogP contribution in [0.4, 0.5) is 0 Å². The van der Waals surface area contributed by atoms with Crippen molar-refractivity contribution < 1.29 is 5.11 Å². The first-order valence-electron chi connectivity index (χ1n) is 4.82. The van der Waals surface area contributed by atoms with Crippen LogP contribution in [0.5, 0.6) is 0 Å². The van der Waals surface area contributed by atoms with Crippen LogP contribution >= 0.6 is 46.4 Å². The van der Waals surface area contributed by atoms with Crippen LogP contribution in [-0.4, -0.2) is 15.5 Å². The summed E-state index contributed by atoms with van der Waals surface area (Å²) in [6.45, 7) is 0. The minimum Gasteiger partial charge on any atom is -0.369 e. The molecule has 0 saturated heterocycles. The highest BCUT2D eigenvalue weighted by atomic mass is 35.5. The molecule has 0 aromatic heterocycles. The van der Waals surface area contributed by atoms with Crippen LogP contribution in [0.15, 0.2) is 46.5 Å². The molecule has 2 rings (SSSR count). The smallest absolute Gasteiger partial charge is 0.196 e. The van der Waals surface area contributed by atoms with Crippen LogP contribution in [0.3, 0.4) is 0 Å². The van der Waals surface area contributed by atoms with E-state index >= 15 is 0 Å². The summed E-state index contributed by atoms with van der Waals surface area (Å²) in [5.41, 5.74) is 1.54. The summed E-state index contributed by atoms with van der Waals surface area (Å²) in [5.74, 6) is 0. The van der Waals surface area contributed by atoms with Gasteiger partial charge in [-0.15, -0.1) is 11.6 Å². The van der Waals surface area contributed by atoms with Crippen molar-refractivity contribution in [3.63, 3.8) is 0 Å². The zero-order valence-corrected chi connectivity index (χ0v) is 11.5. The maximum absolute atomic E-state index is 9.86. The first-order chi connectivity index (χ1) is 7.94. The third-order valence-corrected chi connectivity index (χ3v) is 4.60. The van der Waals surface area contributed by atoms with Gasteiger partial charge in [0.15, 0.2) is 5.06 Å². The first-order valence-corrected chi connectivity index (χ1v) is 6.39. The lowest BCUT2D eigenvalue weighted by atomic mass is 9.97. The van der Waals surface area contributed by atoms with Crippen molar-refractivity contribution in [3.8, 4) is 0 Å². The van der Waals surface area contributed by atoms with Crippen molar-refractivity contribution in [2.24, 2.45) is 0 Å². The molecule has 1 aromatic carbocycles. The zero-order chi connectivity index (χ0) is 12.6. The zero-order valence-electron chi connectivity index (χ0n) is 8.50. The fourth-order valence-corrected chi connectivity index (χ4v) is 2.61. The molecule has 0 saturated carbocycles. The number of halogens is 4. The van der Waals surface area contributed by atoms with Crippen molar-refractivity contribution in [1.82, 2.24) is 0 Å². The molecule has 1 aliphatic rings. The Hall–Kier alpha value is -0.180. The maximum Gasteiger partial charge on any atom is 0.196 e. The molecule has 17 heavy (non-hydrogen) atoms. The van der Waals surface area contributed by atoms with Gasteiger partial charge in [-0.25, -0.2) is 0 Å². The van der Waals surface area contributed by atoms with E-state index in [2.05, 4.69) is 0 Å². The van der Waals surface area contributed by atoms with Gasteiger partial charge in [0.1, 0.15) is 5.38 Å². The van der Waals surface area contributed by atoms with Gasteiger partial charge in [0.05, 0.1) is 5.03 Å². The van der Waals surface area contributed by atoms with E-state index in [1.807, 2.05) is 30.3 Å². The van der Waals surface area contributed by atoms with E-state index in [4.69, 9.17) is 46.4 Å². The van der Waals surface area contributed by atoms with E-state index in [1.54, 1.807) is 0 Å². The van der Waals surface area contributed by atoms with Crippen LogP contribution in [0.2, 0.25) is 0 Å². The lowest BCUT2D eigenvalue weighted by molar-refractivity contribution is 0.179. The minimum atomic E-state index is -1.85. The number of aliphatic hydroxyl groups is 1. The SMILES string of the molecule is OC1(Cl)C(Cl)=CC(c2ccccc2)=C(Cl)C1Cl. The Morgan fingerprint density at radius 3 is 2.29 bits per heavy atom. The average molecular weight is 310 g/mol. The Labute approximate surface area is 119 Å². The maximum atomic E-state index is 9.86. The second-order valence-corrected chi connectivity index (χ2v) is 5.48. The van der Waals surface area contributed by atoms with Gasteiger partial charge in [-0.2, -0.15) is 0 Å². The van der Waals surface area contributed by atoms with Gasteiger partial charge in [-0.3, -0.25) is 0 Å². The molecule has 0 bridgehead atoms. The van der Waals surface area contributed by atoms with Crippen LogP contribution in [0.1, 0.15) is 5.56 Å². The third-order valence-electron chi connectivity index (χ3n) is 2.51. The van der Waals surface area contributed by atoms with Crippen molar-refractivity contribution in [3.05, 3.63) is 52.0 Å². The summed E-state index contributed by atoms with van der Waals surface area (Å²) in [6.07, 6.45) is 1.53. The monoisotopic (exact) mass is 308 g/mol. The number of benzene rings is 1. The lowest BCUT2D eigenvalue weighted by Gasteiger charge is -2.30. The third kappa shape index (κ3) is 2.35. The lowest BCUT2D eigenvalue weighted by Crippen LogP contribution is -2.36. The molecular formula is C12H8Cl4O. The van der Waals surface area contributed by atoms with E-state index < -0.39 is 10.4 Å². The van der Waals surface area contributed by atoms with Gasteiger partial charge in [-0.1, -0.05) is 65.1 Å². The molecule has 0 fully saturated rings. The van der Waals surface area contributed by atoms with Crippen molar-refractivity contribution >= 4 is 52.0 Å². The molecule has 1 aliphatic carbocycles. The van der Waals surface area contributed by atoms with Gasteiger partial charge >= 0.3 is 0 Å². The Kier molecular flexibility index (Phi) is 3.77. The molecule has 2 atom stereocenters. The van der Waals surface area contributed by atoms with Crippen molar-refractivity contribution in [2.75, 3.05) is 0 Å². The fourth-order valence-electron chi connectivity index (χ4n) is 1.56. The average Bonchev–Trinajstić information content (AvgIpc) is 2.33. The molecular weight excluding hydrogens is 302 g/mol. The van der Waals surface area contributed by atoms with Gasteiger partial charge < -0.3 is 5.11 Å². The molecule has 2 unspecified atom stereocenters. The van der Waals surface area contributed by atoms with Crippen molar-refractivity contribution in [2.45, 2.75) is 10.4 Å². The predicted octanol–water partition coefficient (Wildman–Crippen LogP) is 4.31. The molecule has 0 aliphatic heterocycles. The second kappa shape index (κ2) is 4.83. The van der Waals surface area contributed by atoms with E-state index in [-0.39, 0.29) is 10.1 Å². The summed E-state index contributed by atoms with van der Waals surface area (Å²) < 4.78 is 0. The van der Waals surface area contributed by atoms with Gasteiger partial charge in [-0.05, 0) is 17.2 Å². The minimum absolute atomic E-state index is 0.0578. The largest absolute Gasteiger partial charge is 0.369 e. The molecule has 90 valence electrons. The summed E-state index contributed by atoms with van der Waals surface area (Å²) in [6, 6.07) is 9.39. The number of rotatable bonds is 1. The highest BCUT2D eigenvalue weighted by Gasteiger charge is 2.42. The molecule has 5 heteroatoms. The van der Waals surface area contributed by atoms with Crippen molar-refractivity contribution in [1.29, 1.82) is 0 Å². The number of allylic oxidation sites excluding steroid dienone is 2. The molecule has 0 radical (unpaired) electrons. The van der Waals surface area contributed by atoms with E-state index in [1.165, 1.54) is 6.08 Å². The first kappa shape index (κ1) is 13.3. The predicted molar refractivity (Wildman–Crippen MR) is 73.6 cm³/mol. The standard InChI is InChI=1S/C12H8Cl4O/c13-9-6-8(7-4-2-1-3-5-7)10(14)11(15)12(9,16)17/h1-6,11,17H. The molecule has 1 N–H and O–H groups in total. The molecule has 1 aromatic rings. The number of hydrogen-bond acceptors (Lipinski definition) is 1. The van der Waals surface area contributed by atoms with Gasteiger partial charge in [0.2, 0.25) is 0 Å². The van der Waals surface area contributed by atoms with Gasteiger partial charge in [0.25, 0.3) is 0 Å². The van der Waals surface area contributed by atoms with Crippen LogP contribution in [0, 0.1) is 0 Å². The van der Waals surface area contributed by atoms with Crippen LogP contribution in [-0.2, 0) is 0 Å². The summed E-state index contributed by atoms with van der Waals surface area (Å²) >= 11 is 23.9. The normalized spacial score (nSPS) is 29.2. The Morgan fingerprint density at radius 2 is 1.71 bits per heavy atom. The van der Waals surface area contributed by atoms with E-state index in [0.29, 0.717) is 5.57 Å². The fraction of sp³-hybridized carbons (Fsp3) is 0.167. The van der Waals surface area contributed by atoms with Crippen LogP contribution in [0.25, 0.3) is 5.57 Å². The highest BCUT2D eigenvalue weighted by Crippen LogP contribution is 2.45. The Balaban J connectivity index is 2.54. The van der Waals surface area contributed by atoms with Gasteiger partial charge in [0, 0.05) is 5.03 Å². The molecule has 0 amide bonds. The summed E-state index contributed by atoms with van der Waals surface area (Å²) in [4.78, 5) is 0. The number of alkyl halides is 2. The number of hydrogen-bond donors (Lipinski definition) is 1. The molecule has 1 nitrogen and oxygen atoms in total. The van der Waals surface area contributed by atoms with E-state index in [9.17, 15) is 5.11 Å². The highest BCUT2D eigenvalue weighted by molar-refractivity contribution is 6.48. The molecule has 0 heterocycles. The topological polar surface area (TPSA) is 20.2 Å². The summed E-state index contributed by atoms with van der Waals surface area (Å²) in [5, 5.41) is 7.37.